The first-order chi connectivity index (χ1) is 8.40. The van der Waals surface area contributed by atoms with Gasteiger partial charge >= 0.3 is 0 Å². The second kappa shape index (κ2) is 6.32. The zero-order chi connectivity index (χ0) is 13.8. The lowest BCUT2D eigenvalue weighted by molar-refractivity contribution is 0.0401. The summed E-state index contributed by atoms with van der Waals surface area (Å²) in [4.78, 5) is 2.15. The summed E-state index contributed by atoms with van der Waals surface area (Å²) in [7, 11) is 2.02. The van der Waals surface area contributed by atoms with Gasteiger partial charge in [0.1, 0.15) is 0 Å². The van der Waals surface area contributed by atoms with E-state index in [0.717, 1.165) is 6.54 Å². The van der Waals surface area contributed by atoms with Gasteiger partial charge in [0.25, 0.3) is 0 Å². The molecule has 0 aromatic heterocycles. The van der Waals surface area contributed by atoms with Gasteiger partial charge in [0.2, 0.25) is 0 Å². The molecule has 1 aromatic carbocycles. The fraction of sp³-hybridized carbons (Fsp3) is 0.600. The van der Waals surface area contributed by atoms with Crippen LogP contribution in [0.4, 0.5) is 0 Å². The molecule has 102 valence electrons. The monoisotopic (exact) mass is 251 g/mol. The molecule has 2 N–H and O–H groups in total. The van der Waals surface area contributed by atoms with E-state index in [1.807, 2.05) is 14.0 Å². The van der Waals surface area contributed by atoms with Crippen molar-refractivity contribution in [3.8, 4) is 0 Å². The molecule has 1 rings (SSSR count). The van der Waals surface area contributed by atoms with Gasteiger partial charge in [-0.15, -0.1) is 0 Å². The van der Waals surface area contributed by atoms with Gasteiger partial charge in [-0.1, -0.05) is 30.7 Å². The van der Waals surface area contributed by atoms with Crippen molar-refractivity contribution >= 4 is 0 Å². The highest BCUT2D eigenvalue weighted by molar-refractivity contribution is 5.30. The molecule has 0 spiro atoms. The predicted molar refractivity (Wildman–Crippen MR) is 74.5 cm³/mol. The van der Waals surface area contributed by atoms with Crippen LogP contribution in [0.25, 0.3) is 0 Å². The van der Waals surface area contributed by atoms with Crippen LogP contribution in [0.2, 0.25) is 0 Å². The molecule has 18 heavy (non-hydrogen) atoms. The lowest BCUT2D eigenvalue weighted by Crippen LogP contribution is -2.38. The molecule has 0 aliphatic carbocycles. The van der Waals surface area contributed by atoms with Crippen LogP contribution in [0.1, 0.15) is 23.6 Å². The van der Waals surface area contributed by atoms with Crippen molar-refractivity contribution in [1.29, 1.82) is 0 Å². The summed E-state index contributed by atoms with van der Waals surface area (Å²) >= 11 is 0. The molecule has 0 bridgehead atoms. The largest absolute Gasteiger partial charge is 0.396 e. The molecule has 0 fully saturated rings. The highest BCUT2D eigenvalue weighted by Gasteiger charge is 2.24. The average molecular weight is 251 g/mol. The van der Waals surface area contributed by atoms with Gasteiger partial charge < -0.3 is 15.1 Å². The third-order valence-corrected chi connectivity index (χ3v) is 3.36. The maximum atomic E-state index is 9.31. The zero-order valence-corrected chi connectivity index (χ0v) is 11.9. The molecule has 0 saturated heterocycles. The van der Waals surface area contributed by atoms with E-state index >= 15 is 0 Å². The van der Waals surface area contributed by atoms with Gasteiger partial charge in [-0.2, -0.15) is 0 Å². The SMILES string of the molecule is Cc1ccc(C)c(CN(C)CC(C)(CO)CO)c1. The summed E-state index contributed by atoms with van der Waals surface area (Å²) in [5.74, 6) is 0. The summed E-state index contributed by atoms with van der Waals surface area (Å²) < 4.78 is 0. The van der Waals surface area contributed by atoms with Crippen LogP contribution in [0.15, 0.2) is 18.2 Å². The van der Waals surface area contributed by atoms with Crippen molar-refractivity contribution in [2.75, 3.05) is 26.8 Å². The van der Waals surface area contributed by atoms with Crippen LogP contribution in [-0.4, -0.2) is 41.9 Å². The number of aliphatic hydroxyl groups excluding tert-OH is 2. The van der Waals surface area contributed by atoms with Crippen LogP contribution >= 0.6 is 0 Å². The van der Waals surface area contributed by atoms with Crippen LogP contribution in [0.3, 0.4) is 0 Å². The van der Waals surface area contributed by atoms with Crippen LogP contribution in [0, 0.1) is 19.3 Å². The standard InChI is InChI=1S/C15H25NO2/c1-12-5-6-13(2)14(7-12)8-16(4)9-15(3,10-17)11-18/h5-7,17-18H,8-11H2,1-4H3. The number of hydrogen-bond donors (Lipinski definition) is 2. The first-order valence-corrected chi connectivity index (χ1v) is 6.36. The maximum absolute atomic E-state index is 9.31. The van der Waals surface area contributed by atoms with Gasteiger partial charge in [0.15, 0.2) is 0 Å². The Labute approximate surface area is 110 Å². The summed E-state index contributed by atoms with van der Waals surface area (Å²) in [6.45, 7) is 7.61. The normalized spacial score (nSPS) is 12.2. The first kappa shape index (κ1) is 15.2. The van der Waals surface area contributed by atoms with E-state index in [-0.39, 0.29) is 13.2 Å². The minimum absolute atomic E-state index is 0.000635. The van der Waals surface area contributed by atoms with Crippen molar-refractivity contribution in [2.24, 2.45) is 5.41 Å². The molecule has 0 radical (unpaired) electrons. The molecule has 3 heteroatoms. The second-order valence-corrected chi connectivity index (χ2v) is 5.73. The lowest BCUT2D eigenvalue weighted by atomic mass is 9.92. The van der Waals surface area contributed by atoms with Crippen LogP contribution in [-0.2, 0) is 6.54 Å². The highest BCUT2D eigenvalue weighted by Crippen LogP contribution is 2.18. The van der Waals surface area contributed by atoms with Crippen molar-refractivity contribution in [1.82, 2.24) is 4.90 Å². The number of nitrogens with zero attached hydrogens (tertiary/aromatic N) is 1. The molecule has 0 amide bonds. The Morgan fingerprint density at radius 1 is 1.17 bits per heavy atom. The molecule has 0 atom stereocenters. The molecule has 1 aromatic rings. The maximum Gasteiger partial charge on any atom is 0.0519 e. The molecule has 3 nitrogen and oxygen atoms in total. The average Bonchev–Trinajstić information content (AvgIpc) is 2.33. The molecule has 0 aliphatic rings. The molecule has 0 aliphatic heterocycles. The quantitative estimate of drug-likeness (QED) is 0.809. The van der Waals surface area contributed by atoms with E-state index in [0.29, 0.717) is 6.54 Å². The van der Waals surface area contributed by atoms with E-state index in [2.05, 4.69) is 36.9 Å². The van der Waals surface area contributed by atoms with Crippen molar-refractivity contribution < 1.29 is 10.2 Å². The summed E-state index contributed by atoms with van der Waals surface area (Å²) in [6.07, 6.45) is 0. The van der Waals surface area contributed by atoms with Crippen molar-refractivity contribution in [3.05, 3.63) is 34.9 Å². The Kier molecular flexibility index (Phi) is 5.32. The fourth-order valence-corrected chi connectivity index (χ4v) is 2.12. The first-order valence-electron chi connectivity index (χ1n) is 6.36. The number of benzene rings is 1. The molecular formula is C15H25NO2. The Hall–Kier alpha value is -0.900. The van der Waals surface area contributed by atoms with E-state index in [1.165, 1.54) is 16.7 Å². The van der Waals surface area contributed by atoms with E-state index in [1.54, 1.807) is 0 Å². The zero-order valence-electron chi connectivity index (χ0n) is 11.9. The fourth-order valence-electron chi connectivity index (χ4n) is 2.12. The Morgan fingerprint density at radius 2 is 1.78 bits per heavy atom. The predicted octanol–water partition coefficient (Wildman–Crippen LogP) is 1.73. The summed E-state index contributed by atoms with van der Waals surface area (Å²) in [6, 6.07) is 6.45. The topological polar surface area (TPSA) is 43.7 Å². The second-order valence-electron chi connectivity index (χ2n) is 5.73. The minimum atomic E-state index is -0.438. The smallest absolute Gasteiger partial charge is 0.0519 e. The highest BCUT2D eigenvalue weighted by atomic mass is 16.3. The molecule has 0 heterocycles. The van der Waals surface area contributed by atoms with E-state index < -0.39 is 5.41 Å². The number of rotatable bonds is 6. The van der Waals surface area contributed by atoms with Crippen LogP contribution in [0.5, 0.6) is 0 Å². The van der Waals surface area contributed by atoms with Gasteiger partial charge in [-0.05, 0) is 32.0 Å². The summed E-state index contributed by atoms with van der Waals surface area (Å²) in [5, 5.41) is 18.6. The Bertz CT molecular complexity index is 386. The molecule has 0 unspecified atom stereocenters. The minimum Gasteiger partial charge on any atom is -0.396 e. The molecular weight excluding hydrogens is 226 g/mol. The number of aliphatic hydroxyl groups is 2. The van der Waals surface area contributed by atoms with Gasteiger partial charge in [0.05, 0.1) is 13.2 Å². The van der Waals surface area contributed by atoms with Gasteiger partial charge in [-0.25, -0.2) is 0 Å². The van der Waals surface area contributed by atoms with Gasteiger partial charge in [-0.3, -0.25) is 0 Å². The number of hydrogen-bond acceptors (Lipinski definition) is 3. The third kappa shape index (κ3) is 4.09. The number of aryl methyl sites for hydroxylation is 2. The van der Waals surface area contributed by atoms with E-state index in [9.17, 15) is 10.2 Å². The van der Waals surface area contributed by atoms with Crippen molar-refractivity contribution in [2.45, 2.75) is 27.3 Å². The molecule has 0 saturated carbocycles. The third-order valence-electron chi connectivity index (χ3n) is 3.36. The lowest BCUT2D eigenvalue weighted by Gasteiger charge is -2.30. The Morgan fingerprint density at radius 3 is 2.33 bits per heavy atom. The van der Waals surface area contributed by atoms with Crippen LogP contribution < -0.4 is 0 Å². The van der Waals surface area contributed by atoms with Gasteiger partial charge in [0, 0.05) is 18.5 Å². The van der Waals surface area contributed by atoms with E-state index in [4.69, 9.17) is 0 Å². The van der Waals surface area contributed by atoms with Crippen molar-refractivity contribution in [3.63, 3.8) is 0 Å². The Balaban J connectivity index is 2.70. The summed E-state index contributed by atoms with van der Waals surface area (Å²) in [5.41, 5.74) is 3.40.